The van der Waals surface area contributed by atoms with Crippen molar-refractivity contribution in [2.75, 3.05) is 11.9 Å². The Morgan fingerprint density at radius 2 is 2.06 bits per heavy atom. The van der Waals surface area contributed by atoms with Gasteiger partial charge in [-0.05, 0) is 29.5 Å². The molecule has 2 N–H and O–H groups in total. The van der Waals surface area contributed by atoms with Crippen molar-refractivity contribution < 1.29 is 0 Å². The Labute approximate surface area is 110 Å². The van der Waals surface area contributed by atoms with Gasteiger partial charge in [-0.2, -0.15) is 4.80 Å². The first-order valence-electron chi connectivity index (χ1n) is 5.40. The van der Waals surface area contributed by atoms with Crippen LogP contribution < -0.4 is 10.6 Å². The lowest BCUT2D eigenvalue weighted by molar-refractivity contribution is 0.627. The number of thiocarbonyl (C=S) groups is 1. The molecule has 0 atom stereocenters. The van der Waals surface area contributed by atoms with Crippen molar-refractivity contribution in [1.29, 1.82) is 0 Å². The molecule has 7 heteroatoms. The van der Waals surface area contributed by atoms with Crippen LogP contribution in [0.2, 0.25) is 0 Å². The van der Waals surface area contributed by atoms with Crippen LogP contribution in [0.1, 0.15) is 11.4 Å². The van der Waals surface area contributed by atoms with Gasteiger partial charge >= 0.3 is 0 Å². The first-order chi connectivity index (χ1) is 8.56. The number of rotatable bonds is 4. The van der Waals surface area contributed by atoms with Crippen LogP contribution in [0.4, 0.5) is 5.69 Å². The number of tetrazole rings is 1. The smallest absolute Gasteiger partial charge is 0.193 e. The number of aromatic nitrogens is 4. The molecule has 0 amide bonds. The number of benzene rings is 1. The lowest BCUT2D eigenvalue weighted by atomic mass is 10.2. The molecule has 0 fully saturated rings. The lowest BCUT2D eigenvalue weighted by Gasteiger charge is -2.17. The van der Waals surface area contributed by atoms with Crippen LogP contribution in [0.25, 0.3) is 0 Å². The molecular weight excluding hydrogens is 248 g/mol. The molecule has 0 spiro atoms. The molecule has 0 saturated carbocycles. The summed E-state index contributed by atoms with van der Waals surface area (Å²) in [6.45, 7) is 0.597. The van der Waals surface area contributed by atoms with Crippen molar-refractivity contribution in [3.05, 3.63) is 35.7 Å². The molecule has 0 bridgehead atoms. The molecule has 1 aromatic heterocycles. The summed E-state index contributed by atoms with van der Waals surface area (Å²) in [5.74, 6) is 0.679. The summed E-state index contributed by atoms with van der Waals surface area (Å²) in [4.78, 5) is 3.87. The summed E-state index contributed by atoms with van der Waals surface area (Å²) in [5, 5.41) is 11.9. The topological polar surface area (TPSA) is 72.9 Å². The number of nitrogens with zero attached hydrogens (tertiary/aromatic N) is 5. The van der Waals surface area contributed by atoms with Gasteiger partial charge in [0.1, 0.15) is 4.99 Å². The van der Waals surface area contributed by atoms with Crippen molar-refractivity contribution in [3.8, 4) is 0 Å². The van der Waals surface area contributed by atoms with Gasteiger partial charge < -0.3 is 10.6 Å². The number of anilines is 1. The van der Waals surface area contributed by atoms with Crippen molar-refractivity contribution in [2.45, 2.75) is 6.54 Å². The fraction of sp³-hybridized carbons (Fsp3) is 0.273. The van der Waals surface area contributed by atoms with Gasteiger partial charge in [0.05, 0.1) is 13.6 Å². The first-order valence-corrected chi connectivity index (χ1v) is 5.81. The van der Waals surface area contributed by atoms with E-state index >= 15 is 0 Å². The van der Waals surface area contributed by atoms with Crippen LogP contribution >= 0.6 is 12.2 Å². The zero-order valence-electron chi connectivity index (χ0n) is 10.2. The van der Waals surface area contributed by atoms with Crippen molar-refractivity contribution in [2.24, 2.45) is 12.8 Å². The highest BCUT2D eigenvalue weighted by atomic mass is 32.1. The molecular formula is C11H14N6S. The van der Waals surface area contributed by atoms with E-state index in [-0.39, 0.29) is 0 Å². The zero-order chi connectivity index (χ0) is 13.1. The average molecular weight is 262 g/mol. The van der Waals surface area contributed by atoms with Crippen molar-refractivity contribution in [3.63, 3.8) is 0 Å². The second-order valence-corrected chi connectivity index (χ2v) is 4.40. The van der Waals surface area contributed by atoms with E-state index in [2.05, 4.69) is 15.4 Å². The third-order valence-corrected chi connectivity index (χ3v) is 2.76. The first kappa shape index (κ1) is 12.4. The van der Waals surface area contributed by atoms with E-state index in [0.29, 0.717) is 17.4 Å². The number of nitrogens with two attached hydrogens (primary N) is 1. The van der Waals surface area contributed by atoms with E-state index in [1.807, 2.05) is 36.2 Å². The highest BCUT2D eigenvalue weighted by molar-refractivity contribution is 7.80. The Morgan fingerprint density at radius 1 is 1.39 bits per heavy atom. The number of hydrogen-bond donors (Lipinski definition) is 1. The van der Waals surface area contributed by atoms with E-state index < -0.39 is 0 Å². The minimum atomic E-state index is 0.403. The molecule has 0 radical (unpaired) electrons. The van der Waals surface area contributed by atoms with E-state index in [4.69, 9.17) is 18.0 Å². The van der Waals surface area contributed by atoms with Gasteiger partial charge in [-0.15, -0.1) is 10.2 Å². The molecule has 0 aliphatic carbocycles. The molecule has 6 nitrogen and oxygen atoms in total. The van der Waals surface area contributed by atoms with Gasteiger partial charge in [-0.3, -0.25) is 0 Å². The molecule has 1 heterocycles. The van der Waals surface area contributed by atoms with Crippen LogP contribution in [0.3, 0.4) is 0 Å². The van der Waals surface area contributed by atoms with E-state index in [1.165, 1.54) is 4.80 Å². The summed E-state index contributed by atoms with van der Waals surface area (Å²) >= 11 is 4.91. The predicted molar refractivity (Wildman–Crippen MR) is 73.2 cm³/mol. The molecule has 2 aromatic rings. The van der Waals surface area contributed by atoms with Gasteiger partial charge in [-0.25, -0.2) is 0 Å². The molecule has 18 heavy (non-hydrogen) atoms. The highest BCUT2D eigenvalue weighted by Crippen LogP contribution is 2.15. The van der Waals surface area contributed by atoms with Crippen LogP contribution in [0, 0.1) is 0 Å². The van der Waals surface area contributed by atoms with Crippen LogP contribution in [0.15, 0.2) is 24.3 Å². The Morgan fingerprint density at radius 3 is 2.56 bits per heavy atom. The zero-order valence-corrected chi connectivity index (χ0v) is 11.1. The van der Waals surface area contributed by atoms with E-state index in [1.54, 1.807) is 7.05 Å². The van der Waals surface area contributed by atoms with Crippen LogP contribution in [0.5, 0.6) is 0 Å². The van der Waals surface area contributed by atoms with Crippen molar-refractivity contribution in [1.82, 2.24) is 20.2 Å². The Kier molecular flexibility index (Phi) is 3.52. The van der Waals surface area contributed by atoms with Gasteiger partial charge in [0.25, 0.3) is 0 Å². The third kappa shape index (κ3) is 2.80. The SMILES string of the molecule is CN(Cc1nnn(C)n1)c1ccc(C(N)=S)cc1. The van der Waals surface area contributed by atoms with Crippen molar-refractivity contribution >= 4 is 22.9 Å². The molecule has 0 unspecified atom stereocenters. The van der Waals surface area contributed by atoms with E-state index in [0.717, 1.165) is 11.3 Å². The molecule has 2 rings (SSSR count). The fourth-order valence-corrected chi connectivity index (χ4v) is 1.71. The van der Waals surface area contributed by atoms with Gasteiger partial charge in [0.2, 0.25) is 0 Å². The maximum absolute atomic E-state index is 5.55. The largest absolute Gasteiger partial charge is 0.389 e. The quantitative estimate of drug-likeness (QED) is 0.808. The van der Waals surface area contributed by atoms with Crippen LogP contribution in [-0.2, 0) is 13.6 Å². The normalized spacial score (nSPS) is 10.3. The average Bonchev–Trinajstić information content (AvgIpc) is 2.75. The van der Waals surface area contributed by atoms with Gasteiger partial charge in [0.15, 0.2) is 5.82 Å². The van der Waals surface area contributed by atoms with Gasteiger partial charge in [0, 0.05) is 18.3 Å². The summed E-state index contributed by atoms with van der Waals surface area (Å²) < 4.78 is 0. The maximum Gasteiger partial charge on any atom is 0.193 e. The Balaban J connectivity index is 2.09. The minimum Gasteiger partial charge on any atom is -0.389 e. The second-order valence-electron chi connectivity index (χ2n) is 3.96. The summed E-state index contributed by atoms with van der Waals surface area (Å²) in [5.41, 5.74) is 7.46. The molecule has 0 saturated heterocycles. The Hall–Kier alpha value is -2.02. The van der Waals surface area contributed by atoms with E-state index in [9.17, 15) is 0 Å². The summed E-state index contributed by atoms with van der Waals surface area (Å²) in [6.07, 6.45) is 0. The minimum absolute atomic E-state index is 0.403. The predicted octanol–water partition coefficient (Wildman–Crippen LogP) is 0.481. The molecule has 94 valence electrons. The lowest BCUT2D eigenvalue weighted by Crippen LogP contribution is -2.18. The second kappa shape index (κ2) is 5.09. The molecule has 0 aliphatic rings. The maximum atomic E-state index is 5.55. The van der Waals surface area contributed by atoms with Crippen LogP contribution in [-0.4, -0.2) is 32.2 Å². The molecule has 1 aromatic carbocycles. The summed E-state index contributed by atoms with van der Waals surface area (Å²) in [7, 11) is 3.71. The monoisotopic (exact) mass is 262 g/mol. The Bertz CT molecular complexity index is 547. The highest BCUT2D eigenvalue weighted by Gasteiger charge is 2.06. The standard InChI is InChI=1S/C11H14N6S/c1-16(7-10-13-15-17(2)14-10)9-5-3-8(4-6-9)11(12)18/h3-6H,7H2,1-2H3,(H2,12,18). The summed E-state index contributed by atoms with van der Waals surface area (Å²) in [6, 6.07) is 7.73. The fourth-order valence-electron chi connectivity index (χ4n) is 1.57. The number of aryl methyl sites for hydroxylation is 1. The number of hydrogen-bond acceptors (Lipinski definition) is 5. The molecule has 0 aliphatic heterocycles. The third-order valence-electron chi connectivity index (χ3n) is 2.52. The van der Waals surface area contributed by atoms with Gasteiger partial charge in [-0.1, -0.05) is 12.2 Å².